The van der Waals surface area contributed by atoms with Gasteiger partial charge in [0, 0.05) is 26.2 Å². The quantitative estimate of drug-likeness (QED) is 0.507. The van der Waals surface area contributed by atoms with Crippen LogP contribution in [0.3, 0.4) is 0 Å². The molecule has 0 bridgehead atoms. The fourth-order valence-electron chi connectivity index (χ4n) is 0. The molecule has 3 nitrogen and oxygen atoms in total. The predicted octanol–water partition coefficient (Wildman–Crippen LogP) is -1.73. The molecule has 1 atom stereocenters. The monoisotopic (exact) mass is 210 g/mol. The first kappa shape index (κ1) is 15.9. The Morgan fingerprint density at radius 1 is 1.62 bits per heavy atom. The maximum Gasteiger partial charge on any atom is 0.332 e. The number of carboxylic acid groups (broad SMARTS) is 1. The zero-order chi connectivity index (χ0) is 5.15. The second-order valence-corrected chi connectivity index (χ2v) is 1.01. The van der Waals surface area contributed by atoms with Crippen LogP contribution in [-0.4, -0.2) is 39.6 Å². The fraction of sp³-hybridized carbons (Fsp3) is 0.667. The van der Waals surface area contributed by atoms with E-state index in [1.54, 1.807) is 0 Å². The minimum atomic E-state index is -1.23. The van der Waals surface area contributed by atoms with E-state index in [0.717, 1.165) is 0 Å². The molecule has 0 heterocycles. The molecular formula is C3H9AlO3Zr. The second-order valence-electron chi connectivity index (χ2n) is 1.01. The minimum Gasteiger partial charge on any atom is -0.479 e. The molecule has 0 aromatic heterocycles. The van der Waals surface area contributed by atoms with Gasteiger partial charge in [0.05, 0.1) is 0 Å². The smallest absolute Gasteiger partial charge is 0.332 e. The van der Waals surface area contributed by atoms with Gasteiger partial charge in [-0.2, -0.15) is 0 Å². The van der Waals surface area contributed by atoms with E-state index in [1.807, 2.05) is 0 Å². The molecule has 0 aromatic rings. The summed E-state index contributed by atoms with van der Waals surface area (Å²) in [6.07, 6.45) is -1.23. The van der Waals surface area contributed by atoms with Crippen molar-refractivity contribution in [3.05, 3.63) is 0 Å². The first-order valence-corrected chi connectivity index (χ1v) is 1.55. The summed E-state index contributed by atoms with van der Waals surface area (Å²) < 4.78 is 0. The van der Waals surface area contributed by atoms with Crippen molar-refractivity contribution in [2.75, 3.05) is 0 Å². The Kier molecular flexibility index (Phi) is 15.6. The van der Waals surface area contributed by atoms with Crippen molar-refractivity contribution >= 4 is 23.3 Å². The largest absolute Gasteiger partial charge is 0.479 e. The van der Waals surface area contributed by atoms with E-state index in [1.165, 1.54) is 6.92 Å². The number of hydrogen-bond acceptors (Lipinski definition) is 2. The van der Waals surface area contributed by atoms with Crippen LogP contribution in [-0.2, 0) is 31.0 Å². The molecule has 0 fully saturated rings. The molecule has 0 rings (SSSR count). The predicted molar refractivity (Wildman–Crippen MR) is 29.3 cm³/mol. The molecule has 1 unspecified atom stereocenters. The topological polar surface area (TPSA) is 57.5 Å². The molecule has 2 N–H and O–H groups in total. The number of aliphatic hydroxyl groups is 1. The van der Waals surface area contributed by atoms with Crippen LogP contribution >= 0.6 is 0 Å². The third-order valence-electron chi connectivity index (χ3n) is 0.357. The zero-order valence-electron chi connectivity index (χ0n) is 3.88. The van der Waals surface area contributed by atoms with Gasteiger partial charge < -0.3 is 10.2 Å². The number of rotatable bonds is 1. The Hall–Kier alpha value is 0.846. The van der Waals surface area contributed by atoms with Crippen LogP contribution in [0.1, 0.15) is 6.92 Å². The van der Waals surface area contributed by atoms with E-state index in [2.05, 4.69) is 0 Å². The molecule has 8 heavy (non-hydrogen) atoms. The molecule has 0 amide bonds. The number of carboxylic acids is 1. The zero-order valence-corrected chi connectivity index (χ0v) is 6.34. The molecule has 0 aliphatic rings. The maximum atomic E-state index is 9.45. The van der Waals surface area contributed by atoms with Gasteiger partial charge in [0.1, 0.15) is 6.10 Å². The van der Waals surface area contributed by atoms with Crippen LogP contribution in [0.5, 0.6) is 0 Å². The normalized spacial score (nSPS) is 10.2. The van der Waals surface area contributed by atoms with Crippen LogP contribution in [0.4, 0.5) is 0 Å². The molecule has 0 aromatic carbocycles. The summed E-state index contributed by atoms with van der Waals surface area (Å²) in [7, 11) is 0. The van der Waals surface area contributed by atoms with Crippen molar-refractivity contribution in [2.24, 2.45) is 0 Å². The molecule has 0 aliphatic heterocycles. The molecule has 0 spiro atoms. The molecule has 46 valence electrons. The van der Waals surface area contributed by atoms with E-state index in [-0.39, 0.29) is 43.6 Å². The molecule has 0 aliphatic carbocycles. The Morgan fingerprint density at radius 3 is 1.75 bits per heavy atom. The van der Waals surface area contributed by atoms with Crippen LogP contribution in [0.25, 0.3) is 0 Å². The SMILES string of the molecule is CC(O)C(=O)O.[AlH3].[Zr]. The van der Waals surface area contributed by atoms with Gasteiger partial charge in [0.15, 0.2) is 17.4 Å². The van der Waals surface area contributed by atoms with Crippen LogP contribution in [0.2, 0.25) is 0 Å². The average molecular weight is 211 g/mol. The summed E-state index contributed by atoms with van der Waals surface area (Å²) in [6.45, 7) is 1.20. The van der Waals surface area contributed by atoms with Gasteiger partial charge in [-0.25, -0.2) is 4.79 Å². The fourth-order valence-corrected chi connectivity index (χ4v) is 0. The number of aliphatic hydroxyl groups excluding tert-OH is 1. The van der Waals surface area contributed by atoms with Gasteiger partial charge in [-0.1, -0.05) is 0 Å². The van der Waals surface area contributed by atoms with Crippen molar-refractivity contribution in [3.63, 3.8) is 0 Å². The molecular weight excluding hydrogens is 202 g/mol. The Bertz CT molecular complexity index is 65.5. The van der Waals surface area contributed by atoms with Crippen molar-refractivity contribution in [1.29, 1.82) is 0 Å². The molecule has 0 saturated heterocycles. The van der Waals surface area contributed by atoms with Crippen molar-refractivity contribution < 1.29 is 41.2 Å². The van der Waals surface area contributed by atoms with E-state index < -0.39 is 12.1 Å². The van der Waals surface area contributed by atoms with Crippen LogP contribution in [0, 0.1) is 0 Å². The van der Waals surface area contributed by atoms with E-state index >= 15 is 0 Å². The number of carbonyl (C=O) groups is 1. The summed E-state index contributed by atoms with van der Waals surface area (Å²) in [6, 6.07) is 0. The molecule has 0 saturated carbocycles. The second kappa shape index (κ2) is 7.85. The van der Waals surface area contributed by atoms with E-state index in [4.69, 9.17) is 10.2 Å². The molecule has 0 radical (unpaired) electrons. The first-order valence-electron chi connectivity index (χ1n) is 1.55. The van der Waals surface area contributed by atoms with Gasteiger partial charge in [-0.3, -0.25) is 0 Å². The number of aliphatic carboxylic acids is 1. The maximum absolute atomic E-state index is 9.45. The summed E-state index contributed by atoms with van der Waals surface area (Å²) in [5.74, 6) is -1.19. The first-order chi connectivity index (χ1) is 2.64. The average Bonchev–Trinajstić information content (AvgIpc) is 1.36. The van der Waals surface area contributed by atoms with E-state index in [9.17, 15) is 4.79 Å². The standard InChI is InChI=1S/C3H6O3.Al.Zr.3H/c1-2(4)3(5)6;;;;;/h2,4H,1H3,(H,5,6);;;;;. The summed E-state index contributed by atoms with van der Waals surface area (Å²) in [5.41, 5.74) is 0. The van der Waals surface area contributed by atoms with Crippen LogP contribution in [0.15, 0.2) is 0 Å². The Morgan fingerprint density at radius 2 is 1.75 bits per heavy atom. The molecule has 5 heteroatoms. The summed E-state index contributed by atoms with van der Waals surface area (Å²) >= 11 is 0. The van der Waals surface area contributed by atoms with Gasteiger partial charge in [-0.05, 0) is 6.92 Å². The van der Waals surface area contributed by atoms with Gasteiger partial charge in [0.2, 0.25) is 0 Å². The van der Waals surface area contributed by atoms with Crippen molar-refractivity contribution in [2.45, 2.75) is 13.0 Å². The Labute approximate surface area is 77.3 Å². The van der Waals surface area contributed by atoms with Gasteiger partial charge in [0.25, 0.3) is 0 Å². The van der Waals surface area contributed by atoms with Crippen LogP contribution < -0.4 is 0 Å². The minimum absolute atomic E-state index is 0. The third-order valence-corrected chi connectivity index (χ3v) is 0.357. The van der Waals surface area contributed by atoms with E-state index in [0.29, 0.717) is 0 Å². The summed E-state index contributed by atoms with van der Waals surface area (Å²) in [4.78, 5) is 9.45. The Balaban J connectivity index is -0.000000125. The third kappa shape index (κ3) is 9.96. The number of hydrogen-bond donors (Lipinski definition) is 2. The van der Waals surface area contributed by atoms with Gasteiger partial charge >= 0.3 is 5.97 Å². The van der Waals surface area contributed by atoms with Crippen molar-refractivity contribution in [1.82, 2.24) is 0 Å². The summed E-state index contributed by atoms with van der Waals surface area (Å²) in [5, 5.41) is 15.8. The van der Waals surface area contributed by atoms with Crippen molar-refractivity contribution in [3.8, 4) is 0 Å². The van der Waals surface area contributed by atoms with Gasteiger partial charge in [-0.15, -0.1) is 0 Å².